The van der Waals surface area contributed by atoms with Crippen LogP contribution >= 0.6 is 0 Å². The van der Waals surface area contributed by atoms with Crippen molar-refractivity contribution in [2.24, 2.45) is 5.92 Å². The van der Waals surface area contributed by atoms with Gasteiger partial charge in [-0.15, -0.1) is 0 Å². The molecule has 1 aliphatic rings. The van der Waals surface area contributed by atoms with Crippen LogP contribution < -0.4 is 0 Å². The molecule has 3 nitrogen and oxygen atoms in total. The molecule has 0 bridgehead atoms. The molecule has 0 saturated heterocycles. The highest BCUT2D eigenvalue weighted by molar-refractivity contribution is 5.87. The number of carbonyl (C=O) groups is 1. The normalized spacial score (nSPS) is 17.0. The number of hydrogen-bond donors (Lipinski definition) is 1. The third-order valence-corrected chi connectivity index (χ3v) is 8.59. The van der Waals surface area contributed by atoms with Crippen LogP contribution in [-0.4, -0.2) is 24.3 Å². The average Bonchev–Trinajstić information content (AvgIpc) is 2.99. The molecular weight excluding hydrogens is 492 g/mol. The van der Waals surface area contributed by atoms with Crippen molar-refractivity contribution in [3.8, 4) is 22.3 Å². The lowest BCUT2D eigenvalue weighted by Gasteiger charge is -2.29. The van der Waals surface area contributed by atoms with Crippen molar-refractivity contribution in [3.63, 3.8) is 0 Å². The number of unbranched alkanes of at least 4 members (excludes halogenated alkanes) is 2. The third kappa shape index (κ3) is 8.17. The van der Waals surface area contributed by atoms with Crippen molar-refractivity contribution in [1.29, 1.82) is 0 Å². The lowest BCUT2D eigenvalue weighted by Crippen LogP contribution is -2.13. The highest BCUT2D eigenvalue weighted by Gasteiger charge is 2.22. The van der Waals surface area contributed by atoms with Crippen LogP contribution in [0.15, 0.2) is 78.9 Å². The zero-order chi connectivity index (χ0) is 28.3. The number of ether oxygens (including phenoxy) is 1. The summed E-state index contributed by atoms with van der Waals surface area (Å²) in [4.78, 5) is 11.6. The van der Waals surface area contributed by atoms with Gasteiger partial charge < -0.3 is 9.84 Å². The summed E-state index contributed by atoms with van der Waals surface area (Å²) in [6, 6.07) is 24.8. The van der Waals surface area contributed by atoms with Crippen molar-refractivity contribution in [2.45, 2.75) is 84.0 Å². The summed E-state index contributed by atoms with van der Waals surface area (Å²) < 4.78 is 5.14. The van der Waals surface area contributed by atoms with Gasteiger partial charge in [-0.3, -0.25) is 0 Å². The molecule has 212 valence electrons. The van der Waals surface area contributed by atoms with Crippen LogP contribution in [0.2, 0.25) is 0 Å². The summed E-state index contributed by atoms with van der Waals surface area (Å²) in [7, 11) is 0. The van der Waals surface area contributed by atoms with E-state index in [-0.39, 0.29) is 12.2 Å². The summed E-state index contributed by atoms with van der Waals surface area (Å²) in [5, 5.41) is 8.95. The molecule has 0 atom stereocenters. The number of benzene rings is 3. The molecule has 1 saturated carbocycles. The molecule has 1 aliphatic carbocycles. The monoisotopic (exact) mass is 538 g/mol. The van der Waals surface area contributed by atoms with Crippen LogP contribution in [-0.2, 0) is 16.0 Å². The summed E-state index contributed by atoms with van der Waals surface area (Å²) >= 11 is 0. The van der Waals surface area contributed by atoms with Gasteiger partial charge in [-0.05, 0) is 96.2 Å². The molecule has 0 heterocycles. The first-order valence-electron chi connectivity index (χ1n) is 15.2. The fourth-order valence-corrected chi connectivity index (χ4v) is 6.07. The maximum atomic E-state index is 11.6. The Balaban J connectivity index is 1.29. The van der Waals surface area contributed by atoms with E-state index in [9.17, 15) is 4.79 Å². The molecule has 4 rings (SSSR count). The zero-order valence-corrected chi connectivity index (χ0v) is 24.5. The predicted octanol–water partition coefficient (Wildman–Crippen LogP) is 9.21. The Labute approximate surface area is 241 Å². The van der Waals surface area contributed by atoms with Crippen LogP contribution in [0.5, 0.6) is 0 Å². The second-order valence-electron chi connectivity index (χ2n) is 11.6. The van der Waals surface area contributed by atoms with Gasteiger partial charge in [0.05, 0.1) is 18.8 Å². The van der Waals surface area contributed by atoms with Crippen molar-refractivity contribution >= 4 is 5.97 Å². The maximum absolute atomic E-state index is 11.6. The van der Waals surface area contributed by atoms with Gasteiger partial charge >= 0.3 is 5.97 Å². The first-order valence-corrected chi connectivity index (χ1v) is 15.2. The molecule has 1 N–H and O–H groups in total. The predicted molar refractivity (Wildman–Crippen MR) is 166 cm³/mol. The number of aryl methyl sites for hydroxylation is 2. The van der Waals surface area contributed by atoms with Gasteiger partial charge in [-0.25, -0.2) is 4.79 Å². The molecule has 40 heavy (non-hydrogen) atoms. The van der Waals surface area contributed by atoms with E-state index in [2.05, 4.69) is 87.2 Å². The molecule has 0 unspecified atom stereocenters. The van der Waals surface area contributed by atoms with Crippen LogP contribution in [0.25, 0.3) is 22.3 Å². The molecule has 0 amide bonds. The van der Waals surface area contributed by atoms with E-state index in [0.717, 1.165) is 24.7 Å². The summed E-state index contributed by atoms with van der Waals surface area (Å²) in [6.45, 7) is 7.89. The Morgan fingerprint density at radius 1 is 0.875 bits per heavy atom. The Morgan fingerprint density at radius 3 is 2.15 bits per heavy atom. The fraction of sp³-hybridized carbons (Fsp3) is 0.432. The summed E-state index contributed by atoms with van der Waals surface area (Å²) in [6.07, 6.45) is 12.6. The Kier molecular flexibility index (Phi) is 11.2. The Morgan fingerprint density at radius 2 is 1.52 bits per heavy atom. The Bertz CT molecular complexity index is 1230. The van der Waals surface area contributed by atoms with E-state index in [1.165, 1.54) is 90.3 Å². The van der Waals surface area contributed by atoms with Gasteiger partial charge in [0.15, 0.2) is 0 Å². The lowest BCUT2D eigenvalue weighted by molar-refractivity contribution is -0.139. The number of hydrogen-bond acceptors (Lipinski definition) is 3. The number of aliphatic hydroxyl groups is 1. The molecule has 0 radical (unpaired) electrons. The van der Waals surface area contributed by atoms with Crippen molar-refractivity contribution in [1.82, 2.24) is 0 Å². The second-order valence-corrected chi connectivity index (χ2v) is 11.6. The van der Waals surface area contributed by atoms with Crippen LogP contribution in [0.1, 0.15) is 87.3 Å². The van der Waals surface area contributed by atoms with Crippen LogP contribution in [0, 0.1) is 12.8 Å². The second kappa shape index (κ2) is 15.0. The third-order valence-electron chi connectivity index (χ3n) is 8.59. The number of carbonyl (C=O) groups excluding carboxylic acids is 1. The van der Waals surface area contributed by atoms with E-state index >= 15 is 0 Å². The lowest BCUT2D eigenvalue weighted by atomic mass is 9.77. The van der Waals surface area contributed by atoms with Crippen molar-refractivity contribution in [3.05, 3.63) is 95.6 Å². The van der Waals surface area contributed by atoms with E-state index in [1.807, 2.05) is 0 Å². The average molecular weight is 539 g/mol. The van der Waals surface area contributed by atoms with E-state index in [1.54, 1.807) is 0 Å². The Hall–Kier alpha value is -3.17. The first-order chi connectivity index (χ1) is 19.5. The number of aliphatic hydroxyl groups excluding tert-OH is 1. The van der Waals surface area contributed by atoms with Crippen molar-refractivity contribution in [2.75, 3.05) is 13.2 Å². The maximum Gasteiger partial charge on any atom is 0.335 e. The van der Waals surface area contributed by atoms with Crippen LogP contribution in [0.3, 0.4) is 0 Å². The molecule has 3 aromatic rings. The fourth-order valence-electron chi connectivity index (χ4n) is 6.07. The van der Waals surface area contributed by atoms with Gasteiger partial charge in [0.2, 0.25) is 0 Å². The minimum atomic E-state index is -0.524. The SMILES string of the molecule is C=C(CO)C(=O)OCCCc1ccc(-c2ccc(-c3ccc(C4CCC(CCCCC)CC4)cc3)cc2)c(C)c1. The topological polar surface area (TPSA) is 46.5 Å². The molecule has 3 heteroatoms. The van der Waals surface area contributed by atoms with E-state index in [0.29, 0.717) is 6.61 Å². The number of esters is 1. The number of rotatable bonds is 13. The van der Waals surface area contributed by atoms with Crippen LogP contribution in [0.4, 0.5) is 0 Å². The highest BCUT2D eigenvalue weighted by atomic mass is 16.5. The summed E-state index contributed by atoms with van der Waals surface area (Å²) in [5.74, 6) is 1.16. The molecule has 3 aromatic carbocycles. The molecule has 0 aromatic heterocycles. The summed E-state index contributed by atoms with van der Waals surface area (Å²) in [5.41, 5.74) is 9.05. The first kappa shape index (κ1) is 29.8. The minimum absolute atomic E-state index is 0.0914. The van der Waals surface area contributed by atoms with Gasteiger partial charge in [-0.1, -0.05) is 106 Å². The smallest absolute Gasteiger partial charge is 0.335 e. The van der Waals surface area contributed by atoms with E-state index in [4.69, 9.17) is 9.84 Å². The quantitative estimate of drug-likeness (QED) is 0.134. The zero-order valence-electron chi connectivity index (χ0n) is 24.5. The highest BCUT2D eigenvalue weighted by Crippen LogP contribution is 2.38. The molecule has 0 aliphatic heterocycles. The minimum Gasteiger partial charge on any atom is -0.462 e. The molecule has 0 spiro atoms. The molecule has 1 fully saturated rings. The van der Waals surface area contributed by atoms with Crippen molar-refractivity contribution < 1.29 is 14.6 Å². The van der Waals surface area contributed by atoms with Gasteiger partial charge in [0.25, 0.3) is 0 Å². The standard InChI is InChI=1S/C37H46O3/c1-4-5-6-8-29-10-13-31(14-11-29)32-15-17-33(18-16-32)34-19-21-35(22-20-34)36-23-12-30(25-27(36)2)9-7-24-40-37(39)28(3)26-38/h12,15-23,25,29,31,38H,3-11,13-14,24,26H2,1-2H3. The largest absolute Gasteiger partial charge is 0.462 e. The van der Waals surface area contributed by atoms with Gasteiger partial charge in [0.1, 0.15) is 0 Å². The van der Waals surface area contributed by atoms with E-state index < -0.39 is 5.97 Å². The van der Waals surface area contributed by atoms with Gasteiger partial charge in [-0.2, -0.15) is 0 Å². The van der Waals surface area contributed by atoms with Gasteiger partial charge in [0, 0.05) is 0 Å². The molecular formula is C37H46O3.